The van der Waals surface area contributed by atoms with Crippen LogP contribution in [-0.2, 0) is 6.54 Å². The predicted octanol–water partition coefficient (Wildman–Crippen LogP) is 1.17. The van der Waals surface area contributed by atoms with E-state index in [2.05, 4.69) is 25.8 Å². The van der Waals surface area contributed by atoms with Crippen molar-refractivity contribution in [3.8, 4) is 0 Å². The fourth-order valence-electron chi connectivity index (χ4n) is 1.47. The lowest BCUT2D eigenvalue weighted by atomic mass is 10.2. The molecular formula is C12H15N5O. The zero-order valence-corrected chi connectivity index (χ0v) is 10.1. The highest BCUT2D eigenvalue weighted by atomic mass is 16.1. The molecule has 1 amide bonds. The van der Waals surface area contributed by atoms with Crippen molar-refractivity contribution in [2.75, 3.05) is 11.9 Å². The zero-order chi connectivity index (χ0) is 12.8. The highest BCUT2D eigenvalue weighted by Crippen LogP contribution is 2.05. The van der Waals surface area contributed by atoms with Crippen LogP contribution in [0, 0.1) is 0 Å². The van der Waals surface area contributed by atoms with Gasteiger partial charge in [-0.2, -0.15) is 5.10 Å². The van der Waals surface area contributed by atoms with Gasteiger partial charge in [-0.25, -0.2) is 4.98 Å². The summed E-state index contributed by atoms with van der Waals surface area (Å²) in [6, 6.07) is 3.53. The summed E-state index contributed by atoms with van der Waals surface area (Å²) in [6.45, 7) is 3.25. The van der Waals surface area contributed by atoms with Gasteiger partial charge in [0.05, 0.1) is 11.8 Å². The number of pyridine rings is 1. The number of carbonyl (C=O) groups excluding carboxylic acids is 1. The number of aromatic amines is 1. The first-order chi connectivity index (χ1) is 8.79. The molecule has 2 heterocycles. The van der Waals surface area contributed by atoms with E-state index < -0.39 is 0 Å². The summed E-state index contributed by atoms with van der Waals surface area (Å²) >= 11 is 0. The average Bonchev–Trinajstić information content (AvgIpc) is 2.90. The molecule has 2 rings (SSSR count). The van der Waals surface area contributed by atoms with E-state index in [1.54, 1.807) is 30.7 Å². The Bertz CT molecular complexity index is 492. The molecule has 0 saturated carbocycles. The normalized spacial score (nSPS) is 10.1. The van der Waals surface area contributed by atoms with Gasteiger partial charge in [0, 0.05) is 31.0 Å². The van der Waals surface area contributed by atoms with E-state index in [4.69, 9.17) is 0 Å². The number of hydrogen-bond acceptors (Lipinski definition) is 4. The molecule has 0 aliphatic rings. The lowest BCUT2D eigenvalue weighted by Crippen LogP contribution is -2.22. The molecule has 0 bridgehead atoms. The molecule has 0 unspecified atom stereocenters. The predicted molar refractivity (Wildman–Crippen MR) is 68.2 cm³/mol. The molecule has 3 N–H and O–H groups in total. The summed E-state index contributed by atoms with van der Waals surface area (Å²) in [4.78, 5) is 16.0. The minimum Gasteiger partial charge on any atom is -0.370 e. The number of anilines is 1. The van der Waals surface area contributed by atoms with Gasteiger partial charge in [0.15, 0.2) is 0 Å². The van der Waals surface area contributed by atoms with Crippen LogP contribution in [-0.4, -0.2) is 27.6 Å². The van der Waals surface area contributed by atoms with Gasteiger partial charge in [-0.3, -0.25) is 9.89 Å². The Morgan fingerprint density at radius 1 is 1.39 bits per heavy atom. The molecule has 6 nitrogen and oxygen atoms in total. The summed E-state index contributed by atoms with van der Waals surface area (Å²) in [5, 5.41) is 12.4. The Labute approximate surface area is 105 Å². The van der Waals surface area contributed by atoms with Crippen molar-refractivity contribution < 1.29 is 4.79 Å². The van der Waals surface area contributed by atoms with Gasteiger partial charge in [-0.1, -0.05) is 0 Å². The van der Waals surface area contributed by atoms with Gasteiger partial charge in [-0.15, -0.1) is 0 Å². The van der Waals surface area contributed by atoms with Crippen molar-refractivity contribution in [1.29, 1.82) is 0 Å². The van der Waals surface area contributed by atoms with Crippen molar-refractivity contribution in [3.63, 3.8) is 0 Å². The van der Waals surface area contributed by atoms with E-state index in [9.17, 15) is 4.79 Å². The van der Waals surface area contributed by atoms with Crippen LogP contribution in [0.1, 0.15) is 22.8 Å². The first-order valence-corrected chi connectivity index (χ1v) is 5.75. The summed E-state index contributed by atoms with van der Waals surface area (Å²) < 4.78 is 0. The minimum atomic E-state index is -0.147. The molecule has 0 saturated heterocycles. The van der Waals surface area contributed by atoms with Crippen molar-refractivity contribution in [3.05, 3.63) is 41.9 Å². The molecule has 0 aromatic carbocycles. The standard InChI is InChI=1S/C12H15N5O/c1-2-13-11-4-3-10(8-14-11)12(18)15-5-9-6-16-17-7-9/h3-4,6-8H,2,5H2,1H3,(H,13,14)(H,15,18)(H,16,17). The van der Waals surface area contributed by atoms with Crippen LogP contribution in [0.15, 0.2) is 30.7 Å². The molecule has 0 atom stereocenters. The number of hydrogen-bond donors (Lipinski definition) is 3. The number of H-pyrrole nitrogens is 1. The molecule has 0 fully saturated rings. The van der Waals surface area contributed by atoms with Crippen LogP contribution >= 0.6 is 0 Å². The monoisotopic (exact) mass is 245 g/mol. The molecule has 18 heavy (non-hydrogen) atoms. The maximum atomic E-state index is 11.8. The van der Waals surface area contributed by atoms with E-state index in [0.29, 0.717) is 12.1 Å². The van der Waals surface area contributed by atoms with Crippen molar-refractivity contribution in [1.82, 2.24) is 20.5 Å². The molecule has 2 aromatic rings. The van der Waals surface area contributed by atoms with Crippen LogP contribution in [0.3, 0.4) is 0 Å². The summed E-state index contributed by atoms with van der Waals surface area (Å²) in [7, 11) is 0. The summed E-state index contributed by atoms with van der Waals surface area (Å²) in [6.07, 6.45) is 4.97. The van der Waals surface area contributed by atoms with Crippen LogP contribution in [0.25, 0.3) is 0 Å². The largest absolute Gasteiger partial charge is 0.370 e. The SMILES string of the molecule is CCNc1ccc(C(=O)NCc2cn[nH]c2)cn1. The fraction of sp³-hybridized carbons (Fsp3) is 0.250. The third-order valence-corrected chi connectivity index (χ3v) is 2.39. The molecule has 94 valence electrons. The second-order valence-corrected chi connectivity index (χ2v) is 3.75. The van der Waals surface area contributed by atoms with Gasteiger partial charge in [-0.05, 0) is 19.1 Å². The Morgan fingerprint density at radius 2 is 2.28 bits per heavy atom. The highest BCUT2D eigenvalue weighted by molar-refractivity contribution is 5.93. The van der Waals surface area contributed by atoms with Gasteiger partial charge < -0.3 is 10.6 Å². The van der Waals surface area contributed by atoms with Crippen molar-refractivity contribution >= 4 is 11.7 Å². The Balaban J connectivity index is 1.92. The molecule has 0 aliphatic heterocycles. The molecular weight excluding hydrogens is 230 g/mol. The summed E-state index contributed by atoms with van der Waals surface area (Å²) in [5.74, 6) is 0.621. The number of rotatable bonds is 5. The Morgan fingerprint density at radius 3 is 2.89 bits per heavy atom. The molecule has 0 aliphatic carbocycles. The van der Waals surface area contributed by atoms with E-state index in [0.717, 1.165) is 17.9 Å². The van der Waals surface area contributed by atoms with Crippen molar-refractivity contribution in [2.24, 2.45) is 0 Å². The third-order valence-electron chi connectivity index (χ3n) is 2.39. The van der Waals surface area contributed by atoms with Crippen LogP contribution in [0.2, 0.25) is 0 Å². The van der Waals surface area contributed by atoms with Crippen LogP contribution in [0.4, 0.5) is 5.82 Å². The summed E-state index contributed by atoms with van der Waals surface area (Å²) in [5.41, 5.74) is 1.47. The smallest absolute Gasteiger partial charge is 0.253 e. The first-order valence-electron chi connectivity index (χ1n) is 5.75. The number of carbonyl (C=O) groups is 1. The number of amides is 1. The van der Waals surface area contributed by atoms with E-state index in [1.807, 2.05) is 6.92 Å². The van der Waals surface area contributed by atoms with E-state index in [1.165, 1.54) is 0 Å². The Hall–Kier alpha value is -2.37. The van der Waals surface area contributed by atoms with Crippen LogP contribution in [0.5, 0.6) is 0 Å². The number of nitrogens with zero attached hydrogens (tertiary/aromatic N) is 2. The highest BCUT2D eigenvalue weighted by Gasteiger charge is 2.05. The quantitative estimate of drug-likeness (QED) is 0.738. The lowest BCUT2D eigenvalue weighted by molar-refractivity contribution is 0.0950. The van der Waals surface area contributed by atoms with E-state index in [-0.39, 0.29) is 5.91 Å². The minimum absolute atomic E-state index is 0.147. The number of nitrogens with one attached hydrogen (secondary N) is 3. The van der Waals surface area contributed by atoms with Gasteiger partial charge >= 0.3 is 0 Å². The second-order valence-electron chi connectivity index (χ2n) is 3.75. The second kappa shape index (κ2) is 5.81. The molecule has 0 spiro atoms. The average molecular weight is 245 g/mol. The lowest BCUT2D eigenvalue weighted by Gasteiger charge is -2.05. The van der Waals surface area contributed by atoms with Crippen molar-refractivity contribution in [2.45, 2.75) is 13.5 Å². The third kappa shape index (κ3) is 3.07. The molecule has 2 aromatic heterocycles. The van der Waals surface area contributed by atoms with Gasteiger partial charge in [0.25, 0.3) is 5.91 Å². The molecule has 0 radical (unpaired) electrons. The Kier molecular flexibility index (Phi) is 3.90. The fourth-order valence-corrected chi connectivity index (χ4v) is 1.47. The van der Waals surface area contributed by atoms with Crippen LogP contribution < -0.4 is 10.6 Å². The first kappa shape index (κ1) is 12.1. The number of aromatic nitrogens is 3. The van der Waals surface area contributed by atoms with Gasteiger partial charge in [0.2, 0.25) is 0 Å². The van der Waals surface area contributed by atoms with Gasteiger partial charge in [0.1, 0.15) is 5.82 Å². The molecule has 6 heteroatoms. The topological polar surface area (TPSA) is 82.7 Å². The zero-order valence-electron chi connectivity index (χ0n) is 10.1. The maximum Gasteiger partial charge on any atom is 0.253 e. The van der Waals surface area contributed by atoms with E-state index >= 15 is 0 Å². The maximum absolute atomic E-state index is 11.8.